The Bertz CT molecular complexity index is 86.2. The second kappa shape index (κ2) is 1.66. The van der Waals surface area contributed by atoms with Gasteiger partial charge in [0, 0.05) is 0 Å². The minimum atomic E-state index is 0.424. The number of hydrogen-bond donors (Lipinski definition) is 0. The molecular weight excluding hydrogens is 88.1 g/mol. The molecule has 1 aliphatic heterocycles. The predicted molar refractivity (Wildman–Crippen MR) is 29.2 cm³/mol. The summed E-state index contributed by atoms with van der Waals surface area (Å²) >= 11 is 0. The van der Waals surface area contributed by atoms with Crippen LogP contribution in [0.1, 0.15) is 13.3 Å². The van der Waals surface area contributed by atoms with Gasteiger partial charge in [0.25, 0.3) is 0 Å². The Kier molecular flexibility index (Phi) is 1.15. The summed E-state index contributed by atoms with van der Waals surface area (Å²) < 4.78 is 5.17. The van der Waals surface area contributed by atoms with Crippen LogP contribution in [0.5, 0.6) is 0 Å². The third kappa shape index (κ3) is 1.03. The molecule has 1 unspecified atom stereocenters. The highest BCUT2D eigenvalue weighted by Gasteiger charge is 2.11. The van der Waals surface area contributed by atoms with Crippen molar-refractivity contribution in [2.75, 3.05) is 6.61 Å². The lowest BCUT2D eigenvalue weighted by molar-refractivity contribution is 0.128. The Labute approximate surface area is 44.0 Å². The average Bonchev–Trinajstić information content (AvgIpc) is 1.87. The van der Waals surface area contributed by atoms with Gasteiger partial charge in [-0.05, 0) is 18.9 Å². The van der Waals surface area contributed by atoms with Crippen molar-refractivity contribution in [1.29, 1.82) is 0 Å². The lowest BCUT2D eigenvalue weighted by Gasteiger charge is -1.93. The van der Waals surface area contributed by atoms with Crippen LogP contribution >= 0.6 is 0 Å². The van der Waals surface area contributed by atoms with Gasteiger partial charge in [0.1, 0.15) is 0 Å². The minimum Gasteiger partial charge on any atom is -0.374 e. The number of ether oxygens (including phenoxy) is 1. The maximum Gasteiger partial charge on any atom is 0.0678 e. The van der Waals surface area contributed by atoms with Gasteiger partial charge in [-0.15, -0.1) is 0 Å². The van der Waals surface area contributed by atoms with E-state index in [1.807, 2.05) is 0 Å². The first kappa shape index (κ1) is 4.85. The first-order valence-corrected chi connectivity index (χ1v) is 2.57. The van der Waals surface area contributed by atoms with Gasteiger partial charge in [0.15, 0.2) is 0 Å². The first-order valence-electron chi connectivity index (χ1n) is 2.57. The molecule has 1 rings (SSSR count). The molecule has 0 radical (unpaired) electrons. The van der Waals surface area contributed by atoms with E-state index >= 15 is 0 Å². The predicted octanol–water partition coefficient (Wildman–Crippen LogP) is 1.35. The van der Waals surface area contributed by atoms with Crippen molar-refractivity contribution in [3.63, 3.8) is 0 Å². The summed E-state index contributed by atoms with van der Waals surface area (Å²) in [6, 6.07) is 0. The van der Waals surface area contributed by atoms with Crippen LogP contribution < -0.4 is 0 Å². The highest BCUT2D eigenvalue weighted by molar-refractivity contribution is 5.00. The molecule has 0 amide bonds. The van der Waals surface area contributed by atoms with Crippen molar-refractivity contribution >= 4 is 0 Å². The zero-order chi connectivity index (χ0) is 5.28. The van der Waals surface area contributed by atoms with Crippen LogP contribution in [0.3, 0.4) is 0 Å². The molecular formula is C6H10O. The highest BCUT2D eigenvalue weighted by Crippen LogP contribution is 2.14. The SMILES string of the molecule is C=C1COC(C)C1. The maximum absolute atomic E-state index is 5.17. The van der Waals surface area contributed by atoms with E-state index in [0.717, 1.165) is 13.0 Å². The second-order valence-corrected chi connectivity index (χ2v) is 2.08. The van der Waals surface area contributed by atoms with Gasteiger partial charge in [-0.25, -0.2) is 0 Å². The van der Waals surface area contributed by atoms with Gasteiger partial charge in [0.05, 0.1) is 12.7 Å². The first-order chi connectivity index (χ1) is 3.29. The van der Waals surface area contributed by atoms with Crippen molar-refractivity contribution in [1.82, 2.24) is 0 Å². The van der Waals surface area contributed by atoms with E-state index in [4.69, 9.17) is 4.74 Å². The molecule has 0 saturated carbocycles. The van der Waals surface area contributed by atoms with Crippen molar-refractivity contribution in [3.8, 4) is 0 Å². The average molecular weight is 98.1 g/mol. The Morgan fingerprint density at radius 3 is 2.71 bits per heavy atom. The summed E-state index contributed by atoms with van der Waals surface area (Å²) in [6.07, 6.45) is 1.48. The third-order valence-corrected chi connectivity index (χ3v) is 1.15. The van der Waals surface area contributed by atoms with E-state index in [1.165, 1.54) is 5.57 Å². The second-order valence-electron chi connectivity index (χ2n) is 2.08. The summed E-state index contributed by atoms with van der Waals surface area (Å²) in [5, 5.41) is 0. The van der Waals surface area contributed by atoms with Crippen LogP contribution in [0.2, 0.25) is 0 Å². The van der Waals surface area contributed by atoms with E-state index in [1.54, 1.807) is 0 Å². The lowest BCUT2D eigenvalue weighted by atomic mass is 10.2. The van der Waals surface area contributed by atoms with Crippen LogP contribution in [0.15, 0.2) is 12.2 Å². The number of rotatable bonds is 0. The maximum atomic E-state index is 5.17. The Balaban J connectivity index is 2.40. The molecule has 1 atom stereocenters. The molecule has 40 valence electrons. The Morgan fingerprint density at radius 2 is 2.57 bits per heavy atom. The normalized spacial score (nSPS) is 31.6. The van der Waals surface area contributed by atoms with Crippen molar-refractivity contribution in [3.05, 3.63) is 12.2 Å². The van der Waals surface area contributed by atoms with Gasteiger partial charge >= 0.3 is 0 Å². The summed E-state index contributed by atoms with van der Waals surface area (Å²) in [5.74, 6) is 0. The van der Waals surface area contributed by atoms with Crippen molar-refractivity contribution in [2.45, 2.75) is 19.4 Å². The van der Waals surface area contributed by atoms with Gasteiger partial charge in [0.2, 0.25) is 0 Å². The minimum absolute atomic E-state index is 0.424. The molecule has 0 bridgehead atoms. The zero-order valence-corrected chi connectivity index (χ0v) is 4.61. The monoisotopic (exact) mass is 98.1 g/mol. The quantitative estimate of drug-likeness (QED) is 0.415. The van der Waals surface area contributed by atoms with Crippen molar-refractivity contribution in [2.24, 2.45) is 0 Å². The number of hydrogen-bond acceptors (Lipinski definition) is 1. The van der Waals surface area contributed by atoms with E-state index in [-0.39, 0.29) is 0 Å². The van der Waals surface area contributed by atoms with Crippen LogP contribution in [-0.2, 0) is 4.74 Å². The molecule has 0 aromatic heterocycles. The summed E-state index contributed by atoms with van der Waals surface area (Å²) in [6.45, 7) is 6.63. The van der Waals surface area contributed by atoms with Gasteiger partial charge in [-0.1, -0.05) is 6.58 Å². The molecule has 1 fully saturated rings. The molecule has 0 spiro atoms. The zero-order valence-electron chi connectivity index (χ0n) is 4.61. The lowest BCUT2D eigenvalue weighted by Crippen LogP contribution is -1.94. The third-order valence-electron chi connectivity index (χ3n) is 1.15. The summed E-state index contributed by atoms with van der Waals surface area (Å²) in [7, 11) is 0. The molecule has 0 aliphatic carbocycles. The molecule has 1 heterocycles. The summed E-state index contributed by atoms with van der Waals surface area (Å²) in [4.78, 5) is 0. The highest BCUT2D eigenvalue weighted by atomic mass is 16.5. The Morgan fingerprint density at radius 1 is 1.86 bits per heavy atom. The van der Waals surface area contributed by atoms with E-state index < -0.39 is 0 Å². The topological polar surface area (TPSA) is 9.23 Å². The molecule has 0 N–H and O–H groups in total. The van der Waals surface area contributed by atoms with Gasteiger partial charge in [-0.2, -0.15) is 0 Å². The van der Waals surface area contributed by atoms with Crippen LogP contribution in [0.25, 0.3) is 0 Å². The molecule has 1 heteroatoms. The molecule has 1 nitrogen and oxygen atoms in total. The molecule has 0 aromatic carbocycles. The molecule has 7 heavy (non-hydrogen) atoms. The largest absolute Gasteiger partial charge is 0.374 e. The fraction of sp³-hybridized carbons (Fsp3) is 0.667. The Hall–Kier alpha value is -0.300. The van der Waals surface area contributed by atoms with Crippen LogP contribution in [0, 0.1) is 0 Å². The van der Waals surface area contributed by atoms with E-state index in [2.05, 4.69) is 13.5 Å². The molecule has 1 aliphatic rings. The van der Waals surface area contributed by atoms with Crippen LogP contribution in [0.4, 0.5) is 0 Å². The molecule has 1 saturated heterocycles. The van der Waals surface area contributed by atoms with E-state index in [9.17, 15) is 0 Å². The van der Waals surface area contributed by atoms with Crippen molar-refractivity contribution < 1.29 is 4.74 Å². The fourth-order valence-electron chi connectivity index (χ4n) is 0.784. The van der Waals surface area contributed by atoms with Crippen LogP contribution in [-0.4, -0.2) is 12.7 Å². The summed E-state index contributed by atoms with van der Waals surface area (Å²) in [5.41, 5.74) is 1.23. The standard InChI is InChI=1S/C6H10O/c1-5-3-6(2)7-4-5/h6H,1,3-4H2,2H3. The molecule has 0 aromatic rings. The van der Waals surface area contributed by atoms with Gasteiger partial charge < -0.3 is 4.74 Å². The van der Waals surface area contributed by atoms with E-state index in [0.29, 0.717) is 6.10 Å². The van der Waals surface area contributed by atoms with Gasteiger partial charge in [-0.3, -0.25) is 0 Å². The smallest absolute Gasteiger partial charge is 0.0678 e. The fourth-order valence-corrected chi connectivity index (χ4v) is 0.784.